The van der Waals surface area contributed by atoms with E-state index in [1.165, 1.54) is 16.5 Å². The monoisotopic (exact) mass is 574 g/mol. The summed E-state index contributed by atoms with van der Waals surface area (Å²) in [6.07, 6.45) is 5.35. The van der Waals surface area contributed by atoms with E-state index in [9.17, 15) is 9.59 Å². The second-order valence-corrected chi connectivity index (χ2v) is 10.4. The Labute approximate surface area is 240 Å². The number of hydrogen-bond acceptors (Lipinski definition) is 8. The number of aryl methyl sites for hydroxylation is 2. The van der Waals surface area contributed by atoms with Crippen LogP contribution < -0.4 is 15.6 Å². The fourth-order valence-corrected chi connectivity index (χ4v) is 4.96. The van der Waals surface area contributed by atoms with E-state index >= 15 is 0 Å². The van der Waals surface area contributed by atoms with Gasteiger partial charge in [-0.3, -0.25) is 28.5 Å². The molecule has 2 N–H and O–H groups in total. The molecule has 10 nitrogen and oxygen atoms in total. The third kappa shape index (κ3) is 5.30. The highest BCUT2D eigenvalue weighted by Crippen LogP contribution is 2.29. The maximum Gasteiger partial charge on any atom is 0.281 e. The van der Waals surface area contributed by atoms with Gasteiger partial charge < -0.3 is 5.32 Å². The van der Waals surface area contributed by atoms with Gasteiger partial charge in [0.2, 0.25) is 0 Å². The molecule has 0 radical (unpaired) electrons. The first-order chi connectivity index (χ1) is 19.2. The number of anilines is 1. The molecule has 0 aliphatic carbocycles. The number of pyridine rings is 2. The quantitative estimate of drug-likeness (QED) is 0.207. The summed E-state index contributed by atoms with van der Waals surface area (Å²) in [5, 5.41) is 8.50. The number of halogens is 1. The van der Waals surface area contributed by atoms with E-state index in [1.54, 1.807) is 36.3 Å². The lowest BCUT2D eigenvalue weighted by Crippen LogP contribution is -2.23. The van der Waals surface area contributed by atoms with Crippen LogP contribution in [0.2, 0.25) is 5.15 Å². The van der Waals surface area contributed by atoms with E-state index in [-0.39, 0.29) is 28.4 Å². The molecule has 4 aromatic heterocycles. The van der Waals surface area contributed by atoms with Gasteiger partial charge in [0, 0.05) is 43.9 Å². The Morgan fingerprint density at radius 1 is 1.07 bits per heavy atom. The molecule has 0 fully saturated rings. The molecular formula is C28H27ClN8O2S. The first-order valence-corrected chi connectivity index (χ1v) is 14.0. The zero-order valence-electron chi connectivity index (χ0n) is 22.6. The Morgan fingerprint density at radius 2 is 1.88 bits per heavy atom. The summed E-state index contributed by atoms with van der Waals surface area (Å²) in [6, 6.07) is 12.5. The van der Waals surface area contributed by atoms with Crippen molar-refractivity contribution in [3.8, 4) is 22.8 Å². The lowest BCUT2D eigenvalue weighted by Gasteiger charge is -2.20. The van der Waals surface area contributed by atoms with Crippen LogP contribution in [0.25, 0.3) is 33.7 Å². The van der Waals surface area contributed by atoms with E-state index in [0.29, 0.717) is 28.1 Å². The minimum atomic E-state index is -0.367. The average Bonchev–Trinajstić information content (AvgIpc) is 3.38. The van der Waals surface area contributed by atoms with E-state index in [0.717, 1.165) is 22.4 Å². The summed E-state index contributed by atoms with van der Waals surface area (Å²) in [5.74, 6) is 0.0730. The smallest absolute Gasteiger partial charge is 0.281 e. The normalized spacial score (nSPS) is 11.9. The summed E-state index contributed by atoms with van der Waals surface area (Å²) >= 11 is 7.26. The van der Waals surface area contributed by atoms with E-state index < -0.39 is 0 Å². The van der Waals surface area contributed by atoms with Gasteiger partial charge in [-0.2, -0.15) is 5.10 Å². The number of aromatic nitrogens is 6. The maximum atomic E-state index is 13.5. The zero-order valence-corrected chi connectivity index (χ0v) is 24.1. The minimum absolute atomic E-state index is 0.174. The Hall–Kier alpha value is -4.22. The van der Waals surface area contributed by atoms with Crippen LogP contribution in [0.3, 0.4) is 0 Å². The Balaban J connectivity index is 1.58. The van der Waals surface area contributed by atoms with Crippen LogP contribution in [0.1, 0.15) is 34.6 Å². The van der Waals surface area contributed by atoms with Crippen LogP contribution in [0.15, 0.2) is 59.7 Å². The largest absolute Gasteiger partial charge is 0.377 e. The standard InChI is InChI=1S/C28H27ClN8O2S/c1-15-12-18(16(2)31-21-8-9-23(29)32-25(21)27(38)35-40-5)24-19(13-15)28(39)37(4)26(33-24)22-7-6-17(14-30-22)20-10-11-36(3)34-20/h6-14,16,31H,1-5H3,(H,35,38). The average molecular weight is 575 g/mol. The maximum absolute atomic E-state index is 13.5. The SMILES string of the molecule is CSNC(=O)c1nc(Cl)ccc1NC(C)c1cc(C)cc2c(=O)n(C)c(-c3ccc(-c4ccn(C)n4)cn3)nc12. The number of fused-ring (bicyclic) bond motifs is 1. The molecule has 0 bridgehead atoms. The second kappa shape index (κ2) is 11.1. The fraction of sp³-hybridized carbons (Fsp3) is 0.214. The molecular weight excluding hydrogens is 548 g/mol. The van der Waals surface area contributed by atoms with Crippen molar-refractivity contribution in [2.45, 2.75) is 19.9 Å². The number of nitrogens with zero attached hydrogens (tertiary/aromatic N) is 6. The predicted octanol–water partition coefficient (Wildman–Crippen LogP) is 4.93. The molecule has 204 valence electrons. The molecule has 0 saturated heterocycles. The highest BCUT2D eigenvalue weighted by atomic mass is 35.5. The zero-order chi connectivity index (χ0) is 28.6. The van der Waals surface area contributed by atoms with Gasteiger partial charge in [0.25, 0.3) is 11.5 Å². The van der Waals surface area contributed by atoms with Gasteiger partial charge in [-0.05, 0) is 55.8 Å². The molecule has 0 aliphatic heterocycles. The summed E-state index contributed by atoms with van der Waals surface area (Å²) in [6.45, 7) is 3.87. The number of carbonyl (C=O) groups excluding carboxylic acids is 1. The third-order valence-electron chi connectivity index (χ3n) is 6.47. The van der Waals surface area contributed by atoms with Crippen molar-refractivity contribution in [2.24, 2.45) is 14.1 Å². The Bertz CT molecular complexity index is 1800. The molecule has 1 atom stereocenters. The molecule has 40 heavy (non-hydrogen) atoms. The highest BCUT2D eigenvalue weighted by Gasteiger charge is 2.21. The van der Waals surface area contributed by atoms with Gasteiger partial charge in [0.05, 0.1) is 28.3 Å². The molecule has 5 aromatic rings. The third-order valence-corrected chi connectivity index (χ3v) is 7.07. The van der Waals surface area contributed by atoms with Crippen molar-refractivity contribution >= 4 is 46.0 Å². The van der Waals surface area contributed by atoms with Crippen molar-refractivity contribution < 1.29 is 4.79 Å². The fourth-order valence-electron chi connectivity index (χ4n) is 4.54. The lowest BCUT2D eigenvalue weighted by molar-refractivity contribution is 0.0980. The summed E-state index contributed by atoms with van der Waals surface area (Å²) in [7, 11) is 3.55. The number of hydrogen-bond donors (Lipinski definition) is 2. The molecule has 0 spiro atoms. The molecule has 0 saturated carbocycles. The van der Waals surface area contributed by atoms with Gasteiger partial charge in [0.15, 0.2) is 11.5 Å². The van der Waals surface area contributed by atoms with Gasteiger partial charge in [-0.1, -0.05) is 29.6 Å². The molecule has 1 aromatic carbocycles. The van der Waals surface area contributed by atoms with Crippen molar-refractivity contribution in [1.82, 2.24) is 34.0 Å². The summed E-state index contributed by atoms with van der Waals surface area (Å²) in [4.78, 5) is 39.9. The van der Waals surface area contributed by atoms with Crippen LogP contribution >= 0.6 is 23.5 Å². The van der Waals surface area contributed by atoms with E-state index in [4.69, 9.17) is 16.6 Å². The predicted molar refractivity (Wildman–Crippen MR) is 159 cm³/mol. The van der Waals surface area contributed by atoms with Gasteiger partial charge in [-0.25, -0.2) is 9.97 Å². The van der Waals surface area contributed by atoms with Crippen LogP contribution in [-0.4, -0.2) is 41.5 Å². The van der Waals surface area contributed by atoms with Crippen LogP contribution in [0, 0.1) is 6.92 Å². The van der Waals surface area contributed by atoms with Crippen LogP contribution in [0.4, 0.5) is 5.69 Å². The number of nitrogens with one attached hydrogen (secondary N) is 2. The van der Waals surface area contributed by atoms with Crippen LogP contribution in [-0.2, 0) is 14.1 Å². The molecule has 1 unspecified atom stereocenters. The first kappa shape index (κ1) is 27.4. The highest BCUT2D eigenvalue weighted by molar-refractivity contribution is 7.97. The molecule has 0 aliphatic rings. The van der Waals surface area contributed by atoms with E-state index in [2.05, 4.69) is 25.1 Å². The number of benzene rings is 1. The van der Waals surface area contributed by atoms with Crippen molar-refractivity contribution in [3.05, 3.63) is 87.2 Å². The summed E-state index contributed by atoms with van der Waals surface area (Å²) in [5.41, 5.74) is 4.99. The molecule has 4 heterocycles. The number of amides is 1. The van der Waals surface area contributed by atoms with Gasteiger partial charge in [-0.15, -0.1) is 0 Å². The molecule has 5 rings (SSSR count). The summed E-state index contributed by atoms with van der Waals surface area (Å²) < 4.78 is 5.93. The van der Waals surface area contributed by atoms with Crippen molar-refractivity contribution in [2.75, 3.05) is 11.6 Å². The van der Waals surface area contributed by atoms with Crippen molar-refractivity contribution in [3.63, 3.8) is 0 Å². The Morgan fingerprint density at radius 3 is 2.55 bits per heavy atom. The van der Waals surface area contributed by atoms with Crippen LogP contribution in [0.5, 0.6) is 0 Å². The number of rotatable bonds is 7. The molecule has 12 heteroatoms. The number of carbonyl (C=O) groups is 1. The first-order valence-electron chi connectivity index (χ1n) is 12.4. The molecule has 1 amide bonds. The minimum Gasteiger partial charge on any atom is -0.377 e. The van der Waals surface area contributed by atoms with Crippen molar-refractivity contribution in [1.29, 1.82) is 0 Å². The van der Waals surface area contributed by atoms with Gasteiger partial charge in [0.1, 0.15) is 10.8 Å². The van der Waals surface area contributed by atoms with Gasteiger partial charge >= 0.3 is 0 Å². The second-order valence-electron chi connectivity index (χ2n) is 9.39. The lowest BCUT2D eigenvalue weighted by atomic mass is 10.0. The Kier molecular flexibility index (Phi) is 7.59. The topological polar surface area (TPSA) is 120 Å². The van der Waals surface area contributed by atoms with E-state index in [1.807, 2.05) is 57.4 Å².